The first-order valence-corrected chi connectivity index (χ1v) is 11.0. The number of esters is 1. The van der Waals surface area contributed by atoms with Crippen molar-refractivity contribution in [2.45, 2.75) is 45.4 Å². The summed E-state index contributed by atoms with van der Waals surface area (Å²) >= 11 is 0. The highest BCUT2D eigenvalue weighted by Crippen LogP contribution is 2.46. The molecule has 1 aliphatic rings. The Labute approximate surface area is 193 Å². The normalized spacial score (nSPS) is 13.5. The van der Waals surface area contributed by atoms with E-state index in [1.54, 1.807) is 14.0 Å². The maximum atomic E-state index is 12.3. The second-order valence-corrected chi connectivity index (χ2v) is 7.94. The van der Waals surface area contributed by atoms with Gasteiger partial charge in [-0.3, -0.25) is 19.2 Å². The van der Waals surface area contributed by atoms with Crippen molar-refractivity contribution < 1.29 is 23.9 Å². The third kappa shape index (κ3) is 5.97. The van der Waals surface area contributed by atoms with Gasteiger partial charge < -0.3 is 20.7 Å². The molecule has 8 nitrogen and oxygen atoms in total. The van der Waals surface area contributed by atoms with Crippen molar-refractivity contribution in [3.8, 4) is 11.1 Å². The number of rotatable bonds is 9. The maximum absolute atomic E-state index is 12.3. The molecule has 0 bridgehead atoms. The van der Waals surface area contributed by atoms with E-state index < -0.39 is 0 Å². The van der Waals surface area contributed by atoms with Gasteiger partial charge in [0.15, 0.2) is 0 Å². The molecule has 0 saturated carbocycles. The van der Waals surface area contributed by atoms with Crippen molar-refractivity contribution in [2.24, 2.45) is 0 Å². The smallest absolute Gasteiger partial charge is 0.302 e. The van der Waals surface area contributed by atoms with Crippen LogP contribution in [-0.4, -0.2) is 37.3 Å². The van der Waals surface area contributed by atoms with Gasteiger partial charge in [-0.15, -0.1) is 0 Å². The van der Waals surface area contributed by atoms with E-state index in [0.717, 1.165) is 22.3 Å². The first kappa shape index (κ1) is 24.0. The number of nitrogens with one attached hydrogen (secondary N) is 3. The van der Waals surface area contributed by atoms with E-state index >= 15 is 0 Å². The number of anilines is 2. The van der Waals surface area contributed by atoms with Crippen LogP contribution in [0.25, 0.3) is 11.1 Å². The highest BCUT2D eigenvalue weighted by Gasteiger charge is 2.30. The molecule has 1 aliphatic carbocycles. The molecule has 8 heteroatoms. The summed E-state index contributed by atoms with van der Waals surface area (Å²) in [6.07, 6.45) is 1.37. The van der Waals surface area contributed by atoms with E-state index in [4.69, 9.17) is 4.74 Å². The zero-order valence-corrected chi connectivity index (χ0v) is 19.1. The average molecular weight is 452 g/mol. The summed E-state index contributed by atoms with van der Waals surface area (Å²) in [7, 11) is 1.57. The Morgan fingerprint density at radius 2 is 1.39 bits per heavy atom. The molecule has 0 saturated heterocycles. The molecular weight excluding hydrogens is 422 g/mol. The number of hydrogen-bond acceptors (Lipinski definition) is 5. The standard InChI is InChI=1S/C25H29N3O5/c1-4-23(30)27-16-8-10-18-19-11-9-17(28-25(32)7-5-6-24(31)26-3)13-21(19)22(20(18)12-16)14-33-15(2)29/h8-13,22H,4-7,14H2,1-3H3,(H,26,31)(H,27,30)(H,28,32). The molecule has 0 aromatic heterocycles. The maximum Gasteiger partial charge on any atom is 0.302 e. The number of benzene rings is 2. The molecule has 0 spiro atoms. The van der Waals surface area contributed by atoms with E-state index in [1.807, 2.05) is 36.4 Å². The van der Waals surface area contributed by atoms with E-state index in [0.29, 0.717) is 30.6 Å². The molecule has 0 fully saturated rings. The van der Waals surface area contributed by atoms with Gasteiger partial charge in [-0.05, 0) is 52.9 Å². The summed E-state index contributed by atoms with van der Waals surface area (Å²) in [4.78, 5) is 47.0. The molecule has 1 atom stereocenters. The zero-order valence-electron chi connectivity index (χ0n) is 19.1. The Morgan fingerprint density at radius 3 is 1.91 bits per heavy atom. The van der Waals surface area contributed by atoms with Crippen LogP contribution in [0.15, 0.2) is 36.4 Å². The van der Waals surface area contributed by atoms with Crippen molar-refractivity contribution in [2.75, 3.05) is 24.3 Å². The summed E-state index contributed by atoms with van der Waals surface area (Å²) in [6.45, 7) is 3.31. The molecule has 2 aromatic rings. The Balaban J connectivity index is 1.82. The lowest BCUT2D eigenvalue weighted by Gasteiger charge is -2.15. The number of ether oxygens (including phenoxy) is 1. The lowest BCUT2D eigenvalue weighted by molar-refractivity contribution is -0.141. The van der Waals surface area contributed by atoms with Crippen molar-refractivity contribution >= 4 is 35.1 Å². The molecule has 0 heterocycles. The summed E-state index contributed by atoms with van der Waals surface area (Å²) < 4.78 is 5.34. The Bertz CT molecular complexity index is 1080. The van der Waals surface area contributed by atoms with Crippen LogP contribution in [0, 0.1) is 0 Å². The molecule has 1 unspecified atom stereocenters. The molecule has 3 rings (SSSR count). The Hall–Kier alpha value is -3.68. The average Bonchev–Trinajstić information content (AvgIpc) is 3.09. The topological polar surface area (TPSA) is 114 Å². The fourth-order valence-corrected chi connectivity index (χ4v) is 3.90. The lowest BCUT2D eigenvalue weighted by Crippen LogP contribution is -2.18. The van der Waals surface area contributed by atoms with Gasteiger partial charge in [0, 0.05) is 50.5 Å². The number of hydrogen-bond donors (Lipinski definition) is 3. The second kappa shape index (κ2) is 10.8. The molecule has 3 N–H and O–H groups in total. The van der Waals surface area contributed by atoms with E-state index in [2.05, 4.69) is 16.0 Å². The number of carbonyl (C=O) groups is 4. The quantitative estimate of drug-likeness (QED) is 0.505. The molecule has 3 amide bonds. The molecule has 33 heavy (non-hydrogen) atoms. The Kier molecular flexibility index (Phi) is 7.82. The lowest BCUT2D eigenvalue weighted by atomic mass is 9.97. The van der Waals surface area contributed by atoms with Gasteiger partial charge in [-0.2, -0.15) is 0 Å². The first-order valence-electron chi connectivity index (χ1n) is 11.0. The molecule has 2 aromatic carbocycles. The molecule has 0 radical (unpaired) electrons. The highest BCUT2D eigenvalue weighted by atomic mass is 16.5. The predicted octanol–water partition coefficient (Wildman–Crippen LogP) is 3.57. The minimum atomic E-state index is -0.374. The summed E-state index contributed by atoms with van der Waals surface area (Å²) in [5.74, 6) is -0.941. The predicted molar refractivity (Wildman–Crippen MR) is 126 cm³/mol. The van der Waals surface area contributed by atoms with Gasteiger partial charge in [0.1, 0.15) is 6.61 Å². The van der Waals surface area contributed by atoms with Crippen LogP contribution >= 0.6 is 0 Å². The fraction of sp³-hybridized carbons (Fsp3) is 0.360. The SMILES string of the molecule is CCC(=O)Nc1ccc2c(c1)C(COC(C)=O)c1cc(NC(=O)CCCC(=O)NC)ccc1-2. The van der Waals surface area contributed by atoms with Crippen LogP contribution in [0.2, 0.25) is 0 Å². The highest BCUT2D eigenvalue weighted by molar-refractivity contribution is 5.94. The molecular formula is C25H29N3O5. The zero-order chi connectivity index (χ0) is 24.0. The van der Waals surface area contributed by atoms with Crippen LogP contribution in [0.1, 0.15) is 56.6 Å². The summed E-state index contributed by atoms with van der Waals surface area (Å²) in [5.41, 5.74) is 5.21. The summed E-state index contributed by atoms with van der Waals surface area (Å²) in [5, 5.41) is 8.29. The van der Waals surface area contributed by atoms with Gasteiger partial charge in [-0.25, -0.2) is 0 Å². The number of amides is 3. The third-order valence-electron chi connectivity index (χ3n) is 5.57. The first-order chi connectivity index (χ1) is 15.8. The monoisotopic (exact) mass is 451 g/mol. The Morgan fingerprint density at radius 1 is 0.848 bits per heavy atom. The molecule has 0 aliphatic heterocycles. The van der Waals surface area contributed by atoms with Gasteiger partial charge in [0.05, 0.1) is 0 Å². The van der Waals surface area contributed by atoms with Crippen LogP contribution in [0.5, 0.6) is 0 Å². The van der Waals surface area contributed by atoms with E-state index in [1.165, 1.54) is 6.92 Å². The van der Waals surface area contributed by atoms with Gasteiger partial charge >= 0.3 is 5.97 Å². The van der Waals surface area contributed by atoms with E-state index in [9.17, 15) is 19.2 Å². The van der Waals surface area contributed by atoms with Crippen molar-refractivity contribution in [1.82, 2.24) is 5.32 Å². The van der Waals surface area contributed by atoms with Crippen molar-refractivity contribution in [3.05, 3.63) is 47.5 Å². The van der Waals surface area contributed by atoms with Gasteiger partial charge in [0.2, 0.25) is 17.7 Å². The molecule has 174 valence electrons. The van der Waals surface area contributed by atoms with Crippen LogP contribution in [0.4, 0.5) is 11.4 Å². The van der Waals surface area contributed by atoms with Crippen LogP contribution in [-0.2, 0) is 23.9 Å². The van der Waals surface area contributed by atoms with Crippen LogP contribution in [0.3, 0.4) is 0 Å². The third-order valence-corrected chi connectivity index (χ3v) is 5.57. The van der Waals surface area contributed by atoms with E-state index in [-0.39, 0.29) is 42.6 Å². The second-order valence-electron chi connectivity index (χ2n) is 7.94. The summed E-state index contributed by atoms with van der Waals surface area (Å²) in [6, 6.07) is 11.4. The van der Waals surface area contributed by atoms with Gasteiger partial charge in [-0.1, -0.05) is 19.1 Å². The van der Waals surface area contributed by atoms with Crippen molar-refractivity contribution in [3.63, 3.8) is 0 Å². The largest absolute Gasteiger partial charge is 0.465 e. The fourth-order valence-electron chi connectivity index (χ4n) is 3.90. The number of fused-ring (bicyclic) bond motifs is 3. The minimum Gasteiger partial charge on any atom is -0.465 e. The van der Waals surface area contributed by atoms with Crippen molar-refractivity contribution in [1.29, 1.82) is 0 Å². The van der Waals surface area contributed by atoms with Gasteiger partial charge in [0.25, 0.3) is 0 Å². The number of carbonyl (C=O) groups excluding carboxylic acids is 4. The minimum absolute atomic E-state index is 0.0802. The van der Waals surface area contributed by atoms with Crippen LogP contribution < -0.4 is 16.0 Å².